The van der Waals surface area contributed by atoms with Crippen LogP contribution in [0.5, 0.6) is 11.6 Å². The van der Waals surface area contributed by atoms with E-state index >= 15 is 0 Å². The van der Waals surface area contributed by atoms with Gasteiger partial charge >= 0.3 is 0 Å². The molecule has 0 amide bonds. The maximum atomic E-state index is 6.13. The number of fused-ring (bicyclic) bond motifs is 1. The zero-order chi connectivity index (χ0) is 21.0. The van der Waals surface area contributed by atoms with Crippen molar-refractivity contribution < 1.29 is 18.7 Å². The third-order valence-electron chi connectivity index (χ3n) is 6.06. The van der Waals surface area contributed by atoms with E-state index in [0.717, 1.165) is 63.1 Å². The SMILES string of the molecule is CC(C)COc1cccc2onc(OCC3CCN(CC4(I)CCOCC4)CC3)c12. The Hall–Kier alpha value is -1.06. The second kappa shape index (κ2) is 10.0. The minimum absolute atomic E-state index is 0.380. The Balaban J connectivity index is 1.30. The molecule has 0 unspecified atom stereocenters. The molecule has 0 atom stereocenters. The van der Waals surface area contributed by atoms with Crippen LogP contribution in [-0.4, -0.2) is 59.5 Å². The summed E-state index contributed by atoms with van der Waals surface area (Å²) in [5.41, 5.74) is 0.713. The molecule has 0 saturated carbocycles. The van der Waals surface area contributed by atoms with Crippen molar-refractivity contribution in [2.75, 3.05) is 46.1 Å². The molecule has 7 heteroatoms. The maximum Gasteiger partial charge on any atom is 0.265 e. The Labute approximate surface area is 192 Å². The van der Waals surface area contributed by atoms with Gasteiger partial charge in [0.25, 0.3) is 5.88 Å². The molecule has 166 valence electrons. The normalized spacial score (nSPS) is 20.7. The van der Waals surface area contributed by atoms with Crippen LogP contribution in [0.1, 0.15) is 39.5 Å². The van der Waals surface area contributed by atoms with E-state index in [-0.39, 0.29) is 0 Å². The first kappa shape index (κ1) is 22.1. The van der Waals surface area contributed by atoms with Crippen molar-refractivity contribution in [3.8, 4) is 11.6 Å². The Kier molecular flexibility index (Phi) is 7.41. The van der Waals surface area contributed by atoms with Crippen molar-refractivity contribution >= 4 is 33.6 Å². The van der Waals surface area contributed by atoms with Crippen molar-refractivity contribution in [1.82, 2.24) is 10.1 Å². The highest BCUT2D eigenvalue weighted by Gasteiger charge is 2.33. The number of likely N-dealkylation sites (tertiary alicyclic amines) is 1. The minimum Gasteiger partial charge on any atom is -0.492 e. The molecular weight excluding hydrogens is 495 g/mol. The highest BCUT2D eigenvalue weighted by atomic mass is 127. The van der Waals surface area contributed by atoms with Crippen LogP contribution in [0.2, 0.25) is 0 Å². The van der Waals surface area contributed by atoms with E-state index in [0.29, 0.717) is 39.9 Å². The van der Waals surface area contributed by atoms with Crippen molar-refractivity contribution in [3.05, 3.63) is 18.2 Å². The molecule has 0 bridgehead atoms. The Morgan fingerprint density at radius 2 is 1.97 bits per heavy atom. The lowest BCUT2D eigenvalue weighted by Gasteiger charge is -2.39. The zero-order valence-corrected chi connectivity index (χ0v) is 20.2. The second-order valence-corrected chi connectivity index (χ2v) is 11.4. The smallest absolute Gasteiger partial charge is 0.265 e. The highest BCUT2D eigenvalue weighted by Crippen LogP contribution is 2.35. The first-order chi connectivity index (χ1) is 14.5. The number of halogens is 1. The van der Waals surface area contributed by atoms with Crippen molar-refractivity contribution in [1.29, 1.82) is 0 Å². The Morgan fingerprint density at radius 3 is 2.70 bits per heavy atom. The van der Waals surface area contributed by atoms with E-state index < -0.39 is 0 Å². The standard InChI is InChI=1S/C23H33IN2O4/c1-17(2)14-28-19-4-3-5-20-21(19)22(25-30-20)29-15-18-6-10-26(11-7-18)16-23(24)8-12-27-13-9-23/h3-5,17-18H,6-16H2,1-2H3. The number of alkyl halides is 1. The van der Waals surface area contributed by atoms with Gasteiger partial charge in [-0.25, -0.2) is 0 Å². The highest BCUT2D eigenvalue weighted by molar-refractivity contribution is 14.1. The summed E-state index contributed by atoms with van der Waals surface area (Å²) < 4.78 is 23.5. The van der Waals surface area contributed by atoms with Gasteiger partial charge in [-0.3, -0.25) is 0 Å². The molecule has 3 heterocycles. The molecule has 2 fully saturated rings. The van der Waals surface area contributed by atoms with Gasteiger partial charge in [0.1, 0.15) is 11.1 Å². The summed E-state index contributed by atoms with van der Waals surface area (Å²) >= 11 is 2.67. The lowest BCUT2D eigenvalue weighted by molar-refractivity contribution is 0.0618. The summed E-state index contributed by atoms with van der Waals surface area (Å²) in [7, 11) is 0. The van der Waals surface area contributed by atoms with Gasteiger partial charge < -0.3 is 23.6 Å². The second-order valence-electron chi connectivity index (χ2n) is 9.12. The third-order valence-corrected chi connectivity index (χ3v) is 7.48. The van der Waals surface area contributed by atoms with Gasteiger partial charge in [-0.2, -0.15) is 0 Å². The molecule has 30 heavy (non-hydrogen) atoms. The number of benzene rings is 1. The molecule has 2 aliphatic heterocycles. The average Bonchev–Trinajstić information content (AvgIpc) is 3.16. The summed E-state index contributed by atoms with van der Waals surface area (Å²) in [5, 5.41) is 5.02. The number of piperidine rings is 1. The van der Waals surface area contributed by atoms with Crippen LogP contribution in [-0.2, 0) is 4.74 Å². The predicted octanol–water partition coefficient (Wildman–Crippen LogP) is 4.94. The first-order valence-corrected chi connectivity index (χ1v) is 12.2. The van der Waals surface area contributed by atoms with Gasteiger partial charge in [0.2, 0.25) is 0 Å². The average molecular weight is 528 g/mol. The van der Waals surface area contributed by atoms with Crippen LogP contribution in [0.4, 0.5) is 0 Å². The van der Waals surface area contributed by atoms with Gasteiger partial charge in [-0.05, 0) is 67.9 Å². The molecule has 2 aromatic rings. The topological polar surface area (TPSA) is 57.0 Å². The summed E-state index contributed by atoms with van der Waals surface area (Å²) in [6.07, 6.45) is 4.65. The molecule has 1 aromatic heterocycles. The van der Waals surface area contributed by atoms with E-state index in [2.05, 4.69) is 46.5 Å². The molecule has 6 nitrogen and oxygen atoms in total. The van der Waals surface area contributed by atoms with Crippen molar-refractivity contribution in [2.45, 2.75) is 43.0 Å². The van der Waals surface area contributed by atoms with Gasteiger partial charge in [-0.15, -0.1) is 0 Å². The Morgan fingerprint density at radius 1 is 1.20 bits per heavy atom. The molecule has 0 N–H and O–H groups in total. The fourth-order valence-corrected chi connectivity index (χ4v) is 5.14. The number of hydrogen-bond acceptors (Lipinski definition) is 6. The van der Waals surface area contributed by atoms with Crippen LogP contribution in [0.15, 0.2) is 22.7 Å². The first-order valence-electron chi connectivity index (χ1n) is 11.2. The third kappa shape index (κ3) is 5.59. The molecular formula is C23H33IN2O4. The van der Waals surface area contributed by atoms with Crippen LogP contribution in [0.25, 0.3) is 11.0 Å². The maximum absolute atomic E-state index is 6.13. The van der Waals surface area contributed by atoms with E-state index in [9.17, 15) is 0 Å². The van der Waals surface area contributed by atoms with Gasteiger partial charge in [0.05, 0.1) is 13.2 Å². The number of ether oxygens (including phenoxy) is 3. The number of hydrogen-bond donors (Lipinski definition) is 0. The van der Waals surface area contributed by atoms with E-state index in [4.69, 9.17) is 18.7 Å². The fourth-order valence-electron chi connectivity index (χ4n) is 4.21. The number of nitrogens with zero attached hydrogens (tertiary/aromatic N) is 2. The van der Waals surface area contributed by atoms with E-state index in [1.165, 1.54) is 6.54 Å². The van der Waals surface area contributed by atoms with Crippen molar-refractivity contribution in [2.24, 2.45) is 11.8 Å². The lowest BCUT2D eigenvalue weighted by atomic mass is 9.94. The number of aromatic nitrogens is 1. The van der Waals surface area contributed by atoms with Gasteiger partial charge in [0, 0.05) is 23.2 Å². The fraction of sp³-hybridized carbons (Fsp3) is 0.696. The van der Waals surface area contributed by atoms with Crippen molar-refractivity contribution in [3.63, 3.8) is 0 Å². The summed E-state index contributed by atoms with van der Waals surface area (Å²) in [6, 6.07) is 5.80. The van der Waals surface area contributed by atoms with Crippen LogP contribution >= 0.6 is 22.6 Å². The molecule has 0 spiro atoms. The predicted molar refractivity (Wildman–Crippen MR) is 126 cm³/mol. The quantitative estimate of drug-likeness (QED) is 0.358. The summed E-state index contributed by atoms with van der Waals surface area (Å²) in [6.45, 7) is 10.9. The summed E-state index contributed by atoms with van der Waals surface area (Å²) in [5.74, 6) is 2.35. The van der Waals surface area contributed by atoms with E-state index in [1.54, 1.807) is 0 Å². The zero-order valence-electron chi connectivity index (χ0n) is 18.1. The molecule has 4 rings (SSSR count). The molecule has 0 radical (unpaired) electrons. The molecule has 1 aromatic carbocycles. The number of rotatable bonds is 8. The monoisotopic (exact) mass is 528 g/mol. The van der Waals surface area contributed by atoms with Gasteiger partial charge in [0.15, 0.2) is 5.58 Å². The molecule has 0 aliphatic carbocycles. The Bertz CT molecular complexity index is 811. The van der Waals surface area contributed by atoms with E-state index in [1.807, 2.05) is 18.2 Å². The van der Waals surface area contributed by atoms with Crippen LogP contribution < -0.4 is 9.47 Å². The summed E-state index contributed by atoms with van der Waals surface area (Å²) in [4.78, 5) is 2.62. The largest absolute Gasteiger partial charge is 0.492 e. The minimum atomic E-state index is 0.380. The van der Waals surface area contributed by atoms with Crippen LogP contribution in [0.3, 0.4) is 0 Å². The van der Waals surface area contributed by atoms with Crippen LogP contribution in [0, 0.1) is 11.8 Å². The molecule has 2 aliphatic rings. The lowest BCUT2D eigenvalue weighted by Crippen LogP contribution is -2.45. The molecule has 2 saturated heterocycles. The van der Waals surface area contributed by atoms with Gasteiger partial charge in [-0.1, -0.05) is 42.5 Å².